The normalized spacial score (nSPS) is 13.6. The van der Waals surface area contributed by atoms with Crippen LogP contribution in [-0.4, -0.2) is 16.1 Å². The summed E-state index contributed by atoms with van der Waals surface area (Å²) in [5.41, 5.74) is 31.3. The lowest BCUT2D eigenvalue weighted by atomic mass is 9.81. The van der Waals surface area contributed by atoms with Gasteiger partial charge in [-0.2, -0.15) is 0 Å². The summed E-state index contributed by atoms with van der Waals surface area (Å²) in [6, 6.07) is 169. The Kier molecular flexibility index (Phi) is 19.7. The fourth-order valence-corrected chi connectivity index (χ4v) is 30.4. The van der Waals surface area contributed by atoms with Crippen LogP contribution in [0.5, 0.6) is 0 Å². The molecule has 3 aliphatic carbocycles. The van der Waals surface area contributed by atoms with Gasteiger partial charge in [0.1, 0.15) is 0 Å². The monoisotopic (exact) mass is 1630 g/mol. The molecule has 0 fully saturated rings. The number of nitrogens with zero attached hydrogens (tertiary/aromatic N) is 2. The summed E-state index contributed by atoms with van der Waals surface area (Å²) < 4.78 is 0. The van der Waals surface area contributed by atoms with E-state index in [9.17, 15) is 0 Å². The highest BCUT2D eigenvalue weighted by molar-refractivity contribution is 7.20. The fourth-order valence-electron chi connectivity index (χ4n) is 20.9. The third kappa shape index (κ3) is 13.6. The molecule has 0 saturated carbocycles. The van der Waals surface area contributed by atoms with Crippen LogP contribution in [-0.2, 0) is 16.2 Å². The van der Waals surface area contributed by atoms with Gasteiger partial charge in [0, 0.05) is 50.4 Å². The summed E-state index contributed by atoms with van der Waals surface area (Å²) in [6.45, 7) is 14.4. The van der Waals surface area contributed by atoms with Crippen LogP contribution >= 0.6 is 0 Å². The maximum atomic E-state index is 2.46. The highest BCUT2D eigenvalue weighted by atomic mass is 28.3. The van der Waals surface area contributed by atoms with Crippen LogP contribution in [0.4, 0.5) is 34.1 Å². The molecular formula is C121H96N2Si2. The molecule has 598 valence electrons. The third-order valence-electron chi connectivity index (χ3n) is 27.4. The summed E-state index contributed by atoms with van der Waals surface area (Å²) >= 11 is 0. The molecule has 0 atom stereocenters. The van der Waals surface area contributed by atoms with Gasteiger partial charge in [-0.05, 0) is 226 Å². The summed E-state index contributed by atoms with van der Waals surface area (Å²) in [6.07, 6.45) is 9.25. The van der Waals surface area contributed by atoms with Gasteiger partial charge in [-0.3, -0.25) is 0 Å². The number of hydrogen-bond acceptors (Lipinski definition) is 2. The zero-order valence-electron chi connectivity index (χ0n) is 71.4. The summed E-state index contributed by atoms with van der Waals surface area (Å²) in [4.78, 5) is 4.91. The van der Waals surface area contributed by atoms with Gasteiger partial charge in [-0.1, -0.05) is 442 Å². The lowest BCUT2D eigenvalue weighted by Gasteiger charge is -2.35. The molecule has 18 aromatic rings. The number of rotatable bonds is 20. The smallest absolute Gasteiger partial charge is 0.179 e. The fraction of sp³-hybridized carbons (Fsp3) is 0.0744. The highest BCUT2D eigenvalue weighted by Crippen LogP contribution is 2.55. The van der Waals surface area contributed by atoms with Crippen molar-refractivity contribution in [3.8, 4) is 55.6 Å². The predicted octanol–water partition coefficient (Wildman–Crippen LogP) is 26.0. The average Bonchev–Trinajstić information content (AvgIpc) is 1.66. The molecule has 0 bridgehead atoms. The Morgan fingerprint density at radius 3 is 0.576 bits per heavy atom. The molecular weight excluding hydrogens is 1540 g/mol. The van der Waals surface area contributed by atoms with E-state index in [0.717, 1.165) is 34.1 Å². The van der Waals surface area contributed by atoms with E-state index >= 15 is 0 Å². The molecule has 2 nitrogen and oxygen atoms in total. The van der Waals surface area contributed by atoms with Crippen molar-refractivity contribution in [1.29, 1.82) is 0 Å². The Labute approximate surface area is 738 Å². The number of fused-ring (bicyclic) bond motifs is 9. The molecule has 0 amide bonds. The molecule has 18 aromatic carbocycles. The summed E-state index contributed by atoms with van der Waals surface area (Å²) in [7, 11) is -5.53. The van der Waals surface area contributed by atoms with E-state index in [2.05, 4.69) is 525 Å². The standard InChI is InChI=1S/C121H96N2Si2/c1-119(2)113-79-85(47-49-87-53-75-109-111-77-67-97(83-117(111)120(3,4)115(109)81-87)122(93-59-55-91(56-60-93)89-31-15-7-16-32-89)95-63-69-105(70-64-95)124(99-35-19-9-20-36-99,100-37-21-10-22-38-100)101-39-23-11-24-40-101)51-73-107(113)108-74-52-86(80-114(108)119)48-50-88-54-76-110-112-78-68-98(84-118(112)121(5,6)116(110)82-88)123(94-61-57-92(58-62-94)90-33-17-8-18-34-90)96-65-71-106(72-66-96)125(102-41-25-12-26-42-102,103-43-27-13-28-44-103)104-45-29-14-30-46-104/h7-84H,1-6H3/b49-47+,50-48+. The molecule has 4 heteroatoms. The van der Waals surface area contributed by atoms with Crippen molar-refractivity contribution in [2.45, 2.75) is 57.8 Å². The Balaban J connectivity index is 0.540. The van der Waals surface area contributed by atoms with Crippen molar-refractivity contribution in [3.05, 3.63) is 505 Å². The Bertz CT molecular complexity index is 6470. The summed E-state index contributed by atoms with van der Waals surface area (Å²) in [5.74, 6) is 0. The van der Waals surface area contributed by atoms with Crippen molar-refractivity contribution < 1.29 is 0 Å². The minimum atomic E-state index is -2.76. The lowest BCUT2D eigenvalue weighted by molar-refractivity contribution is 0.660. The van der Waals surface area contributed by atoms with Crippen LogP contribution in [0.25, 0.3) is 79.9 Å². The van der Waals surface area contributed by atoms with Gasteiger partial charge in [0.2, 0.25) is 0 Å². The molecule has 0 saturated heterocycles. The molecule has 0 N–H and O–H groups in total. The second-order valence-electron chi connectivity index (χ2n) is 35.5. The first-order chi connectivity index (χ1) is 61.2. The number of anilines is 6. The van der Waals surface area contributed by atoms with E-state index in [4.69, 9.17) is 0 Å². The van der Waals surface area contributed by atoms with Crippen molar-refractivity contribution in [2.75, 3.05) is 9.80 Å². The molecule has 0 aliphatic heterocycles. The molecule has 3 aliphatic rings. The van der Waals surface area contributed by atoms with Gasteiger partial charge >= 0.3 is 0 Å². The first kappa shape index (κ1) is 77.8. The third-order valence-corrected chi connectivity index (χ3v) is 37.0. The largest absolute Gasteiger partial charge is 0.310 e. The average molecular weight is 1630 g/mol. The van der Waals surface area contributed by atoms with Gasteiger partial charge in [-0.25, -0.2) is 0 Å². The zero-order chi connectivity index (χ0) is 84.4. The van der Waals surface area contributed by atoms with Crippen molar-refractivity contribution in [1.82, 2.24) is 0 Å². The lowest BCUT2D eigenvalue weighted by Crippen LogP contribution is -2.74. The van der Waals surface area contributed by atoms with Gasteiger partial charge in [0.25, 0.3) is 0 Å². The molecule has 0 aromatic heterocycles. The molecule has 125 heavy (non-hydrogen) atoms. The quantitative estimate of drug-likeness (QED) is 0.0426. The first-order valence-corrected chi connectivity index (χ1v) is 47.9. The second kappa shape index (κ2) is 31.7. The van der Waals surface area contributed by atoms with E-state index < -0.39 is 16.1 Å². The van der Waals surface area contributed by atoms with E-state index in [-0.39, 0.29) is 16.2 Å². The van der Waals surface area contributed by atoms with E-state index in [0.29, 0.717) is 0 Å². The maximum Gasteiger partial charge on any atom is 0.179 e. The van der Waals surface area contributed by atoms with E-state index in [1.165, 1.54) is 153 Å². The maximum absolute atomic E-state index is 2.76. The number of hydrogen-bond donors (Lipinski definition) is 0. The number of benzene rings is 18. The van der Waals surface area contributed by atoms with Crippen LogP contribution in [0.3, 0.4) is 0 Å². The van der Waals surface area contributed by atoms with Crippen molar-refractivity contribution in [2.24, 2.45) is 0 Å². The topological polar surface area (TPSA) is 6.48 Å². The molecule has 21 rings (SSSR count). The van der Waals surface area contributed by atoms with Gasteiger partial charge in [-0.15, -0.1) is 0 Å². The Morgan fingerprint density at radius 2 is 0.344 bits per heavy atom. The molecule has 0 heterocycles. The Hall–Kier alpha value is -14.5. The van der Waals surface area contributed by atoms with Crippen LogP contribution < -0.4 is 51.3 Å². The summed E-state index contributed by atoms with van der Waals surface area (Å²) in [5, 5.41) is 10.8. The van der Waals surface area contributed by atoms with Crippen LogP contribution in [0.2, 0.25) is 0 Å². The minimum Gasteiger partial charge on any atom is -0.310 e. The minimum absolute atomic E-state index is 0.209. The first-order valence-electron chi connectivity index (χ1n) is 43.9. The van der Waals surface area contributed by atoms with Gasteiger partial charge in [0.05, 0.1) is 0 Å². The van der Waals surface area contributed by atoms with Crippen LogP contribution in [0.1, 0.15) is 97.2 Å². The molecule has 0 spiro atoms. The second-order valence-corrected chi connectivity index (χ2v) is 43.1. The predicted molar refractivity (Wildman–Crippen MR) is 537 cm³/mol. The highest BCUT2D eigenvalue weighted by Gasteiger charge is 2.45. The van der Waals surface area contributed by atoms with Gasteiger partial charge < -0.3 is 9.80 Å². The van der Waals surface area contributed by atoms with Crippen molar-refractivity contribution in [3.63, 3.8) is 0 Å². The zero-order valence-corrected chi connectivity index (χ0v) is 73.4. The van der Waals surface area contributed by atoms with Gasteiger partial charge in [0.15, 0.2) is 16.1 Å². The van der Waals surface area contributed by atoms with Crippen molar-refractivity contribution >= 4 is 116 Å². The van der Waals surface area contributed by atoms with Crippen LogP contribution in [0.15, 0.2) is 449 Å². The SMILES string of the molecule is CC1(C)c2cc(/C=C/c3ccc4c(c3)C(C)(C)c3cc(N(c5ccc(-c6ccccc6)cc5)c5ccc([Si](c6ccccc6)(c6ccccc6)c6ccccc6)cc5)ccc3-4)ccc2-c2ccc(/C=C/c3ccc4c(c3)C(C)(C)c3cc(N(c5ccc(-c6ccccc6)cc5)c5ccc([Si](c6ccccc6)(c6ccccc6)c6ccccc6)cc5)ccc3-4)cc21. The van der Waals surface area contributed by atoms with Crippen LogP contribution in [0, 0.1) is 0 Å². The van der Waals surface area contributed by atoms with E-state index in [1.807, 2.05) is 0 Å². The molecule has 0 radical (unpaired) electrons. The van der Waals surface area contributed by atoms with E-state index in [1.54, 1.807) is 0 Å². The Morgan fingerprint density at radius 1 is 0.168 bits per heavy atom. The molecule has 0 unspecified atom stereocenters.